The Labute approximate surface area is 122 Å². The number of para-hydroxylation sites is 2. The third-order valence-corrected chi connectivity index (χ3v) is 3.78. The van der Waals surface area contributed by atoms with Gasteiger partial charge in [0, 0.05) is 0 Å². The molecule has 0 aliphatic carbocycles. The summed E-state index contributed by atoms with van der Waals surface area (Å²) in [5.74, 6) is 0.491. The van der Waals surface area contributed by atoms with Gasteiger partial charge < -0.3 is 8.92 Å². The molecule has 0 radical (unpaired) electrons. The average Bonchev–Trinajstić information content (AvgIpc) is 2.41. The van der Waals surface area contributed by atoms with Crippen molar-refractivity contribution in [2.45, 2.75) is 11.8 Å². The van der Waals surface area contributed by atoms with Crippen molar-refractivity contribution in [3.8, 4) is 11.5 Å². The molecule has 0 spiro atoms. The van der Waals surface area contributed by atoms with Crippen LogP contribution in [0.2, 0.25) is 5.15 Å². The molecule has 0 bridgehead atoms. The standard InChI is InChI=1S/C13H12ClNO4S/c1-2-18-11-5-3-4-6-12(11)19-20(16,17)10-7-8-13(14)15-9-10/h3-9H,2H2,1H3. The van der Waals surface area contributed by atoms with E-state index in [0.29, 0.717) is 12.4 Å². The molecule has 0 fully saturated rings. The second kappa shape index (κ2) is 6.11. The van der Waals surface area contributed by atoms with Crippen molar-refractivity contribution in [2.75, 3.05) is 6.61 Å². The molecule has 0 N–H and O–H groups in total. The van der Waals surface area contributed by atoms with Gasteiger partial charge in [0.05, 0.1) is 12.8 Å². The maximum Gasteiger partial charge on any atom is 0.340 e. The molecule has 2 aromatic rings. The van der Waals surface area contributed by atoms with Gasteiger partial charge in [0.2, 0.25) is 0 Å². The lowest BCUT2D eigenvalue weighted by molar-refractivity contribution is 0.327. The Kier molecular flexibility index (Phi) is 4.46. The van der Waals surface area contributed by atoms with Gasteiger partial charge in [-0.15, -0.1) is 0 Å². The molecular formula is C13H12ClNO4S. The van der Waals surface area contributed by atoms with Crippen LogP contribution in [0.5, 0.6) is 11.5 Å². The van der Waals surface area contributed by atoms with E-state index >= 15 is 0 Å². The Balaban J connectivity index is 2.31. The van der Waals surface area contributed by atoms with Crippen LogP contribution in [0.1, 0.15) is 6.92 Å². The zero-order chi connectivity index (χ0) is 14.6. The normalized spacial score (nSPS) is 11.1. The number of hydrogen-bond donors (Lipinski definition) is 0. The zero-order valence-electron chi connectivity index (χ0n) is 10.6. The van der Waals surface area contributed by atoms with Crippen LogP contribution in [0.4, 0.5) is 0 Å². The summed E-state index contributed by atoms with van der Waals surface area (Å²) < 4.78 is 34.6. The Morgan fingerprint density at radius 2 is 1.85 bits per heavy atom. The van der Waals surface area contributed by atoms with E-state index in [2.05, 4.69) is 4.98 Å². The van der Waals surface area contributed by atoms with Crippen LogP contribution in [0.3, 0.4) is 0 Å². The molecule has 0 amide bonds. The van der Waals surface area contributed by atoms with Gasteiger partial charge in [-0.2, -0.15) is 8.42 Å². The van der Waals surface area contributed by atoms with E-state index in [4.69, 9.17) is 20.5 Å². The van der Waals surface area contributed by atoms with E-state index in [-0.39, 0.29) is 15.8 Å². The molecule has 0 aliphatic heterocycles. The van der Waals surface area contributed by atoms with Gasteiger partial charge >= 0.3 is 10.1 Å². The van der Waals surface area contributed by atoms with Gasteiger partial charge in [-0.25, -0.2) is 4.98 Å². The number of halogens is 1. The summed E-state index contributed by atoms with van der Waals surface area (Å²) in [7, 11) is -3.97. The van der Waals surface area contributed by atoms with Crippen molar-refractivity contribution >= 4 is 21.7 Å². The number of pyridine rings is 1. The molecule has 20 heavy (non-hydrogen) atoms. The minimum atomic E-state index is -3.97. The predicted molar refractivity (Wildman–Crippen MR) is 74.7 cm³/mol. The lowest BCUT2D eigenvalue weighted by atomic mass is 10.3. The van der Waals surface area contributed by atoms with E-state index in [0.717, 1.165) is 6.20 Å². The van der Waals surface area contributed by atoms with Crippen LogP contribution in [0.15, 0.2) is 47.5 Å². The van der Waals surface area contributed by atoms with Crippen molar-refractivity contribution in [1.82, 2.24) is 4.98 Å². The first-order valence-corrected chi connectivity index (χ1v) is 7.59. The van der Waals surface area contributed by atoms with E-state index < -0.39 is 10.1 Å². The maximum atomic E-state index is 12.1. The Morgan fingerprint density at radius 1 is 1.15 bits per heavy atom. The summed E-state index contributed by atoms with van der Waals surface area (Å²) in [5, 5.41) is 0.207. The number of benzene rings is 1. The van der Waals surface area contributed by atoms with Crippen LogP contribution in [0, 0.1) is 0 Å². The van der Waals surface area contributed by atoms with E-state index in [1.54, 1.807) is 25.1 Å². The van der Waals surface area contributed by atoms with Gasteiger partial charge in [-0.3, -0.25) is 0 Å². The average molecular weight is 314 g/mol. The third kappa shape index (κ3) is 3.40. The number of nitrogens with zero attached hydrogens (tertiary/aromatic N) is 1. The lowest BCUT2D eigenvalue weighted by Gasteiger charge is -2.11. The van der Waals surface area contributed by atoms with Gasteiger partial charge in [0.1, 0.15) is 10.0 Å². The highest BCUT2D eigenvalue weighted by Gasteiger charge is 2.19. The van der Waals surface area contributed by atoms with Crippen LogP contribution >= 0.6 is 11.6 Å². The summed E-state index contributed by atoms with van der Waals surface area (Å²) in [6.45, 7) is 2.21. The SMILES string of the molecule is CCOc1ccccc1OS(=O)(=O)c1ccc(Cl)nc1. The summed E-state index contributed by atoms with van der Waals surface area (Å²) >= 11 is 5.62. The molecule has 2 rings (SSSR count). The Bertz CT molecular complexity index is 686. The van der Waals surface area contributed by atoms with Gasteiger partial charge in [-0.1, -0.05) is 23.7 Å². The van der Waals surface area contributed by atoms with Crippen LogP contribution in [-0.2, 0) is 10.1 Å². The first kappa shape index (κ1) is 14.6. The van der Waals surface area contributed by atoms with E-state index in [1.807, 2.05) is 0 Å². The summed E-state index contributed by atoms with van der Waals surface area (Å²) in [6.07, 6.45) is 1.14. The molecule has 0 aliphatic rings. The summed E-state index contributed by atoms with van der Waals surface area (Å²) in [5.41, 5.74) is 0. The zero-order valence-corrected chi connectivity index (χ0v) is 12.2. The maximum absolute atomic E-state index is 12.1. The molecule has 0 saturated carbocycles. The number of ether oxygens (including phenoxy) is 1. The van der Waals surface area contributed by atoms with E-state index in [1.165, 1.54) is 18.2 Å². The van der Waals surface area contributed by atoms with Crippen molar-refractivity contribution in [3.63, 3.8) is 0 Å². The molecule has 0 saturated heterocycles. The highest BCUT2D eigenvalue weighted by Crippen LogP contribution is 2.29. The molecule has 1 heterocycles. The third-order valence-electron chi connectivity index (χ3n) is 2.34. The fourth-order valence-corrected chi connectivity index (χ4v) is 2.47. The molecule has 5 nitrogen and oxygen atoms in total. The predicted octanol–water partition coefficient (Wildman–Crippen LogP) is 2.90. The number of hydrogen-bond acceptors (Lipinski definition) is 5. The fraction of sp³-hybridized carbons (Fsp3) is 0.154. The van der Waals surface area contributed by atoms with Crippen molar-refractivity contribution in [2.24, 2.45) is 0 Å². The largest absolute Gasteiger partial charge is 0.490 e. The molecular weight excluding hydrogens is 302 g/mol. The summed E-state index contributed by atoms with van der Waals surface area (Å²) in [4.78, 5) is 3.65. The first-order chi connectivity index (χ1) is 9.53. The quantitative estimate of drug-likeness (QED) is 0.627. The Hall–Kier alpha value is -1.79. The van der Waals surface area contributed by atoms with Crippen molar-refractivity contribution in [3.05, 3.63) is 47.7 Å². The topological polar surface area (TPSA) is 65.5 Å². The molecule has 1 aromatic heterocycles. The first-order valence-electron chi connectivity index (χ1n) is 5.81. The second-order valence-electron chi connectivity index (χ2n) is 3.73. The van der Waals surface area contributed by atoms with Crippen LogP contribution in [0.25, 0.3) is 0 Å². The summed E-state index contributed by atoms with van der Waals surface area (Å²) in [6, 6.07) is 9.25. The van der Waals surface area contributed by atoms with Gasteiger partial charge in [0.15, 0.2) is 11.5 Å². The second-order valence-corrected chi connectivity index (χ2v) is 5.67. The highest BCUT2D eigenvalue weighted by molar-refractivity contribution is 7.87. The molecule has 1 aromatic carbocycles. The fourth-order valence-electron chi connectivity index (χ4n) is 1.47. The highest BCUT2D eigenvalue weighted by atomic mass is 35.5. The molecule has 0 unspecified atom stereocenters. The number of rotatable bonds is 5. The minimum Gasteiger partial charge on any atom is -0.490 e. The number of aromatic nitrogens is 1. The van der Waals surface area contributed by atoms with Crippen LogP contribution in [-0.4, -0.2) is 20.0 Å². The van der Waals surface area contributed by atoms with E-state index in [9.17, 15) is 8.42 Å². The monoisotopic (exact) mass is 313 g/mol. The minimum absolute atomic E-state index is 0.0757. The van der Waals surface area contributed by atoms with Gasteiger partial charge in [-0.05, 0) is 31.2 Å². The Morgan fingerprint density at radius 3 is 2.45 bits per heavy atom. The smallest absolute Gasteiger partial charge is 0.340 e. The van der Waals surface area contributed by atoms with Crippen LogP contribution < -0.4 is 8.92 Å². The molecule has 0 atom stereocenters. The van der Waals surface area contributed by atoms with Crippen molar-refractivity contribution in [1.29, 1.82) is 0 Å². The van der Waals surface area contributed by atoms with Crippen molar-refractivity contribution < 1.29 is 17.3 Å². The molecule has 106 valence electrons. The lowest BCUT2D eigenvalue weighted by Crippen LogP contribution is -2.11. The van der Waals surface area contributed by atoms with Gasteiger partial charge in [0.25, 0.3) is 0 Å². The molecule has 7 heteroatoms.